The average molecular weight is 329 g/mol. The molecule has 1 aromatic heterocycles. The summed E-state index contributed by atoms with van der Waals surface area (Å²) in [5.41, 5.74) is 4.80. The summed E-state index contributed by atoms with van der Waals surface area (Å²) in [7, 11) is 0. The summed E-state index contributed by atoms with van der Waals surface area (Å²) in [6.45, 7) is 4.35. The quantitative estimate of drug-likeness (QED) is 0.849. The van der Waals surface area contributed by atoms with Crippen LogP contribution < -0.4 is 10.5 Å². The molecule has 2 N–H and O–H groups in total. The Balaban J connectivity index is 2.25. The monoisotopic (exact) mass is 329 g/mol. The van der Waals surface area contributed by atoms with Crippen molar-refractivity contribution in [3.63, 3.8) is 0 Å². The lowest BCUT2D eigenvalue weighted by atomic mass is 9.85. The molecule has 1 aromatic carbocycles. The molecule has 1 heterocycles. The van der Waals surface area contributed by atoms with E-state index in [-0.39, 0.29) is 11.5 Å². The summed E-state index contributed by atoms with van der Waals surface area (Å²) in [4.78, 5) is 0.996. The second-order valence-corrected chi connectivity index (χ2v) is 6.71. The number of hydrogen-bond donors (Lipinski definition) is 1. The minimum Gasteiger partial charge on any atom is -0.484 e. The van der Waals surface area contributed by atoms with Crippen molar-refractivity contribution >= 4 is 11.3 Å². The summed E-state index contributed by atoms with van der Waals surface area (Å²) in [5, 5.41) is 1.94. The maximum Gasteiger partial charge on any atom is 0.416 e. The van der Waals surface area contributed by atoms with Crippen molar-refractivity contribution in [2.45, 2.75) is 26.1 Å². The summed E-state index contributed by atoms with van der Waals surface area (Å²) in [6, 6.07) is 8.59. The van der Waals surface area contributed by atoms with Crippen molar-refractivity contribution in [2.75, 3.05) is 6.54 Å². The molecular formula is C16H18F3NOS. The van der Waals surface area contributed by atoms with E-state index in [9.17, 15) is 13.2 Å². The highest BCUT2D eigenvalue weighted by atomic mass is 32.1. The highest BCUT2D eigenvalue weighted by Crippen LogP contribution is 2.39. The standard InChI is InChI=1S/C16H18F3NOS/c1-15(2,10-20)14(13-4-3-9-22-13)21-12-7-5-11(6-8-12)16(17,18)19/h3-9,14H,10,20H2,1-2H3. The second-order valence-electron chi connectivity index (χ2n) is 5.73. The zero-order valence-corrected chi connectivity index (χ0v) is 13.2. The Morgan fingerprint density at radius 1 is 1.14 bits per heavy atom. The minimum atomic E-state index is -4.35. The molecule has 0 aliphatic heterocycles. The van der Waals surface area contributed by atoms with Crippen LogP contribution in [0.4, 0.5) is 13.2 Å². The first-order chi connectivity index (χ1) is 10.2. The van der Waals surface area contributed by atoms with Gasteiger partial charge < -0.3 is 10.5 Å². The van der Waals surface area contributed by atoms with Crippen LogP contribution in [0.1, 0.15) is 30.4 Å². The molecule has 0 saturated carbocycles. The normalized spacial score (nSPS) is 13.9. The number of benzene rings is 1. The minimum absolute atomic E-state index is 0.311. The first kappa shape index (κ1) is 16.8. The van der Waals surface area contributed by atoms with Gasteiger partial charge in [0.2, 0.25) is 0 Å². The van der Waals surface area contributed by atoms with Crippen molar-refractivity contribution in [1.29, 1.82) is 0 Å². The van der Waals surface area contributed by atoms with Crippen LogP contribution in [0.15, 0.2) is 41.8 Å². The molecular weight excluding hydrogens is 311 g/mol. The number of thiophene rings is 1. The van der Waals surface area contributed by atoms with Gasteiger partial charge in [0.05, 0.1) is 5.56 Å². The van der Waals surface area contributed by atoms with Gasteiger partial charge in [0.15, 0.2) is 0 Å². The molecule has 0 radical (unpaired) electrons. The molecule has 0 spiro atoms. The molecule has 6 heteroatoms. The lowest BCUT2D eigenvalue weighted by Crippen LogP contribution is -2.33. The van der Waals surface area contributed by atoms with E-state index in [1.54, 1.807) is 0 Å². The van der Waals surface area contributed by atoms with Gasteiger partial charge in [0, 0.05) is 16.8 Å². The van der Waals surface area contributed by atoms with E-state index in [4.69, 9.17) is 10.5 Å². The third kappa shape index (κ3) is 3.81. The van der Waals surface area contributed by atoms with Gasteiger partial charge in [-0.15, -0.1) is 11.3 Å². The maximum absolute atomic E-state index is 12.6. The lowest BCUT2D eigenvalue weighted by molar-refractivity contribution is -0.137. The number of hydrogen-bond acceptors (Lipinski definition) is 3. The molecule has 0 bridgehead atoms. The first-order valence-electron chi connectivity index (χ1n) is 6.81. The highest BCUT2D eigenvalue weighted by molar-refractivity contribution is 7.10. The van der Waals surface area contributed by atoms with Gasteiger partial charge in [-0.05, 0) is 35.7 Å². The fourth-order valence-corrected chi connectivity index (χ4v) is 2.97. The molecule has 0 amide bonds. The first-order valence-corrected chi connectivity index (χ1v) is 7.69. The van der Waals surface area contributed by atoms with Crippen molar-refractivity contribution in [1.82, 2.24) is 0 Å². The van der Waals surface area contributed by atoms with Crippen LogP contribution >= 0.6 is 11.3 Å². The average Bonchev–Trinajstić information content (AvgIpc) is 2.98. The zero-order valence-electron chi connectivity index (χ0n) is 12.4. The third-order valence-electron chi connectivity index (χ3n) is 3.47. The number of nitrogens with two attached hydrogens (primary N) is 1. The number of rotatable bonds is 5. The molecule has 2 nitrogen and oxygen atoms in total. The van der Waals surface area contributed by atoms with Crippen LogP contribution in [0, 0.1) is 5.41 Å². The fraction of sp³-hybridized carbons (Fsp3) is 0.375. The molecule has 2 aromatic rings. The number of halogens is 3. The molecule has 0 fully saturated rings. The van der Waals surface area contributed by atoms with Gasteiger partial charge >= 0.3 is 6.18 Å². The smallest absolute Gasteiger partial charge is 0.416 e. The van der Waals surface area contributed by atoms with Crippen LogP contribution in [-0.4, -0.2) is 6.54 Å². The van der Waals surface area contributed by atoms with Crippen molar-refractivity contribution in [2.24, 2.45) is 11.1 Å². The van der Waals surface area contributed by atoms with E-state index in [2.05, 4.69) is 0 Å². The van der Waals surface area contributed by atoms with Crippen LogP contribution in [0.25, 0.3) is 0 Å². The van der Waals surface area contributed by atoms with Gasteiger partial charge in [0.1, 0.15) is 11.9 Å². The lowest BCUT2D eigenvalue weighted by Gasteiger charge is -2.33. The molecule has 120 valence electrons. The van der Waals surface area contributed by atoms with Crippen molar-refractivity contribution in [3.05, 3.63) is 52.2 Å². The molecule has 2 rings (SSSR count). The van der Waals surface area contributed by atoms with Crippen LogP contribution in [0.5, 0.6) is 5.75 Å². The summed E-state index contributed by atoms with van der Waals surface area (Å²) in [5.74, 6) is 0.396. The Bertz CT molecular complexity index is 591. The van der Waals surface area contributed by atoms with Gasteiger partial charge in [-0.2, -0.15) is 13.2 Å². The Kier molecular flexibility index (Phi) is 4.82. The molecule has 1 unspecified atom stereocenters. The molecule has 22 heavy (non-hydrogen) atoms. The fourth-order valence-electron chi connectivity index (χ4n) is 2.01. The van der Waals surface area contributed by atoms with Gasteiger partial charge in [0.25, 0.3) is 0 Å². The number of ether oxygens (including phenoxy) is 1. The van der Waals surface area contributed by atoms with Crippen molar-refractivity contribution < 1.29 is 17.9 Å². The van der Waals surface area contributed by atoms with E-state index in [1.165, 1.54) is 23.5 Å². The Hall–Kier alpha value is -1.53. The highest BCUT2D eigenvalue weighted by Gasteiger charge is 2.33. The van der Waals surface area contributed by atoms with E-state index in [0.717, 1.165) is 17.0 Å². The van der Waals surface area contributed by atoms with Gasteiger partial charge in [-0.3, -0.25) is 0 Å². The largest absolute Gasteiger partial charge is 0.484 e. The molecule has 0 saturated heterocycles. The van der Waals surface area contributed by atoms with E-state index in [0.29, 0.717) is 12.3 Å². The van der Waals surface area contributed by atoms with E-state index < -0.39 is 11.7 Å². The topological polar surface area (TPSA) is 35.2 Å². The van der Waals surface area contributed by atoms with Crippen LogP contribution in [0.3, 0.4) is 0 Å². The van der Waals surface area contributed by atoms with Gasteiger partial charge in [-0.1, -0.05) is 19.9 Å². The van der Waals surface area contributed by atoms with E-state index >= 15 is 0 Å². The van der Waals surface area contributed by atoms with Gasteiger partial charge in [-0.25, -0.2) is 0 Å². The zero-order chi connectivity index (χ0) is 16.4. The SMILES string of the molecule is CC(C)(CN)C(Oc1ccc(C(F)(F)F)cc1)c1cccs1. The molecule has 1 atom stereocenters. The molecule has 0 aliphatic rings. The Labute approximate surface area is 131 Å². The maximum atomic E-state index is 12.6. The Morgan fingerprint density at radius 2 is 1.77 bits per heavy atom. The van der Waals surface area contributed by atoms with E-state index in [1.807, 2.05) is 31.4 Å². The summed E-state index contributed by atoms with van der Waals surface area (Å²) in [6.07, 6.45) is -4.66. The van der Waals surface area contributed by atoms with Crippen molar-refractivity contribution in [3.8, 4) is 5.75 Å². The third-order valence-corrected chi connectivity index (χ3v) is 4.39. The predicted octanol–water partition coefficient (Wildman–Crippen LogP) is 4.87. The summed E-state index contributed by atoms with van der Waals surface area (Å²) >= 11 is 1.54. The second kappa shape index (κ2) is 6.30. The predicted molar refractivity (Wildman–Crippen MR) is 82.0 cm³/mol. The van der Waals surface area contributed by atoms with Crippen LogP contribution in [0.2, 0.25) is 0 Å². The molecule has 0 aliphatic carbocycles. The van der Waals surface area contributed by atoms with Crippen LogP contribution in [-0.2, 0) is 6.18 Å². The Morgan fingerprint density at radius 3 is 2.23 bits per heavy atom. The summed E-state index contributed by atoms with van der Waals surface area (Å²) < 4.78 is 43.7. The number of alkyl halides is 3.